The van der Waals surface area contributed by atoms with Crippen molar-refractivity contribution in [2.45, 2.75) is 18.4 Å². The van der Waals surface area contributed by atoms with E-state index in [-0.39, 0.29) is 12.1 Å². The number of fused-ring (bicyclic) bond motifs is 1. The number of carbonyl (C=O) groups is 1. The molecular formula is C13H16N2O3. The number of urea groups is 1. The molecule has 2 aliphatic heterocycles. The molecule has 96 valence electrons. The first-order chi connectivity index (χ1) is 8.79. The zero-order valence-corrected chi connectivity index (χ0v) is 10.3. The molecule has 5 heteroatoms. The lowest BCUT2D eigenvalue weighted by Crippen LogP contribution is -2.42. The van der Waals surface area contributed by atoms with Gasteiger partial charge in [0.05, 0.1) is 19.8 Å². The van der Waals surface area contributed by atoms with Gasteiger partial charge in [-0.1, -0.05) is 12.1 Å². The molecule has 1 aromatic rings. The minimum absolute atomic E-state index is 0.0969. The Hall–Kier alpha value is -1.75. The largest absolute Gasteiger partial charge is 0.497 e. The van der Waals surface area contributed by atoms with Crippen LogP contribution in [0.2, 0.25) is 0 Å². The van der Waals surface area contributed by atoms with Gasteiger partial charge in [0.1, 0.15) is 5.75 Å². The van der Waals surface area contributed by atoms with E-state index >= 15 is 0 Å². The number of ether oxygens (including phenoxy) is 1. The lowest BCUT2D eigenvalue weighted by molar-refractivity contribution is -0.161. The molecule has 2 fully saturated rings. The summed E-state index contributed by atoms with van der Waals surface area (Å²) in [6, 6.07) is 8.02. The fourth-order valence-electron chi connectivity index (χ4n) is 2.67. The average molecular weight is 248 g/mol. The number of hydroxylamine groups is 2. The van der Waals surface area contributed by atoms with Gasteiger partial charge in [-0.3, -0.25) is 4.84 Å². The van der Waals surface area contributed by atoms with Crippen molar-refractivity contribution < 1.29 is 14.4 Å². The summed E-state index contributed by atoms with van der Waals surface area (Å²) in [5.74, 6) is 1.17. The van der Waals surface area contributed by atoms with Crippen molar-refractivity contribution in [3.63, 3.8) is 0 Å². The summed E-state index contributed by atoms with van der Waals surface area (Å²) in [5, 5.41) is 4.31. The van der Waals surface area contributed by atoms with E-state index in [0.29, 0.717) is 19.1 Å². The molecule has 0 radical (unpaired) electrons. The average Bonchev–Trinajstić information content (AvgIpc) is 2.81. The van der Waals surface area contributed by atoms with Crippen LogP contribution in [0.5, 0.6) is 5.75 Å². The molecule has 0 aromatic heterocycles. The minimum atomic E-state index is -0.127. The van der Waals surface area contributed by atoms with Gasteiger partial charge in [0.25, 0.3) is 0 Å². The van der Waals surface area contributed by atoms with Crippen LogP contribution in [0.25, 0.3) is 0 Å². The van der Waals surface area contributed by atoms with Gasteiger partial charge in [-0.15, -0.1) is 0 Å². The van der Waals surface area contributed by atoms with Crippen LogP contribution in [0.15, 0.2) is 24.3 Å². The Bertz CT molecular complexity index is 446. The zero-order valence-electron chi connectivity index (χ0n) is 10.3. The van der Waals surface area contributed by atoms with Gasteiger partial charge in [-0.25, -0.2) is 4.79 Å². The highest BCUT2D eigenvalue weighted by atomic mass is 16.7. The van der Waals surface area contributed by atoms with Crippen molar-refractivity contribution in [2.75, 3.05) is 20.3 Å². The van der Waals surface area contributed by atoms with Crippen LogP contribution in [-0.4, -0.2) is 37.4 Å². The third-order valence-corrected chi connectivity index (χ3v) is 3.63. The second kappa shape index (κ2) is 4.49. The predicted octanol–water partition coefficient (Wildman–Crippen LogP) is 1.51. The van der Waals surface area contributed by atoms with Crippen LogP contribution in [0.4, 0.5) is 4.79 Å². The van der Waals surface area contributed by atoms with Gasteiger partial charge in [-0.2, -0.15) is 5.06 Å². The molecule has 5 nitrogen and oxygen atoms in total. The molecule has 1 aromatic carbocycles. The fraction of sp³-hybridized carbons (Fsp3) is 0.462. The highest BCUT2D eigenvalue weighted by Gasteiger charge is 2.41. The van der Waals surface area contributed by atoms with Crippen LogP contribution in [-0.2, 0) is 4.84 Å². The molecule has 0 bridgehead atoms. The maximum absolute atomic E-state index is 11.6. The summed E-state index contributed by atoms with van der Waals surface area (Å²) in [4.78, 5) is 17.0. The van der Waals surface area contributed by atoms with Crippen LogP contribution in [0.1, 0.15) is 17.9 Å². The van der Waals surface area contributed by atoms with Gasteiger partial charge in [0, 0.05) is 12.5 Å². The Morgan fingerprint density at radius 3 is 2.89 bits per heavy atom. The summed E-state index contributed by atoms with van der Waals surface area (Å²) in [6.07, 6.45) is 0.933. The number of methoxy groups -OCH3 is 1. The third kappa shape index (κ3) is 1.80. The standard InChI is InChI=1S/C13H16N2O3/c1-17-10-4-2-9(3-5-10)11-6-7-18-15-12(11)8-14-13(15)16/h2-5,11-12H,6-8H2,1H3,(H,14,16). The monoisotopic (exact) mass is 248 g/mol. The summed E-state index contributed by atoms with van der Waals surface area (Å²) >= 11 is 0. The van der Waals surface area contributed by atoms with Crippen molar-refractivity contribution in [2.24, 2.45) is 0 Å². The molecule has 0 aliphatic carbocycles. The van der Waals surface area contributed by atoms with Gasteiger partial charge in [0.15, 0.2) is 0 Å². The van der Waals surface area contributed by atoms with Crippen LogP contribution < -0.4 is 10.1 Å². The van der Waals surface area contributed by atoms with E-state index in [1.54, 1.807) is 7.11 Å². The van der Waals surface area contributed by atoms with Crippen molar-refractivity contribution in [1.29, 1.82) is 0 Å². The van der Waals surface area contributed by atoms with Crippen molar-refractivity contribution >= 4 is 6.03 Å². The molecule has 3 rings (SSSR count). The van der Waals surface area contributed by atoms with Crippen LogP contribution >= 0.6 is 0 Å². The van der Waals surface area contributed by atoms with E-state index in [2.05, 4.69) is 17.4 Å². The third-order valence-electron chi connectivity index (χ3n) is 3.63. The van der Waals surface area contributed by atoms with Gasteiger partial charge >= 0.3 is 6.03 Å². The SMILES string of the molecule is COc1ccc(C2CCON3C(=O)NCC23)cc1. The zero-order chi connectivity index (χ0) is 12.5. The molecule has 18 heavy (non-hydrogen) atoms. The Kier molecular flexibility index (Phi) is 2.83. The number of hydrogen-bond acceptors (Lipinski definition) is 3. The Morgan fingerprint density at radius 2 is 2.17 bits per heavy atom. The summed E-state index contributed by atoms with van der Waals surface area (Å²) < 4.78 is 5.16. The molecule has 1 N–H and O–H groups in total. The highest BCUT2D eigenvalue weighted by molar-refractivity contribution is 5.76. The molecule has 2 unspecified atom stereocenters. The molecular weight excluding hydrogens is 232 g/mol. The Labute approximate surface area is 106 Å². The van der Waals surface area contributed by atoms with Gasteiger partial charge < -0.3 is 10.1 Å². The fourth-order valence-corrected chi connectivity index (χ4v) is 2.67. The van der Waals surface area contributed by atoms with Crippen LogP contribution in [0, 0.1) is 0 Å². The highest BCUT2D eigenvalue weighted by Crippen LogP contribution is 2.33. The van der Waals surface area contributed by atoms with E-state index in [9.17, 15) is 4.79 Å². The number of nitrogens with one attached hydrogen (secondary N) is 1. The van der Waals surface area contributed by atoms with E-state index in [4.69, 9.17) is 9.57 Å². The molecule has 0 saturated carbocycles. The number of hydrogen-bond donors (Lipinski definition) is 1. The van der Waals surface area contributed by atoms with Crippen molar-refractivity contribution in [3.05, 3.63) is 29.8 Å². The van der Waals surface area contributed by atoms with Crippen LogP contribution in [0.3, 0.4) is 0 Å². The lowest BCUT2D eigenvalue weighted by atomic mass is 9.88. The molecule has 0 spiro atoms. The number of nitrogens with zero attached hydrogens (tertiary/aromatic N) is 1. The van der Waals surface area contributed by atoms with E-state index < -0.39 is 0 Å². The lowest BCUT2D eigenvalue weighted by Gasteiger charge is -2.34. The summed E-state index contributed by atoms with van der Waals surface area (Å²) in [7, 11) is 1.66. The minimum Gasteiger partial charge on any atom is -0.497 e. The number of benzene rings is 1. The maximum atomic E-state index is 11.6. The van der Waals surface area contributed by atoms with E-state index in [1.807, 2.05) is 12.1 Å². The maximum Gasteiger partial charge on any atom is 0.341 e. The number of carbonyl (C=O) groups excluding carboxylic acids is 1. The normalized spacial score (nSPS) is 26.7. The molecule has 2 atom stereocenters. The first-order valence-electron chi connectivity index (χ1n) is 6.13. The van der Waals surface area contributed by atoms with E-state index in [0.717, 1.165) is 12.2 Å². The first-order valence-corrected chi connectivity index (χ1v) is 6.13. The quantitative estimate of drug-likeness (QED) is 0.863. The Balaban J connectivity index is 1.84. The smallest absolute Gasteiger partial charge is 0.341 e. The summed E-state index contributed by atoms with van der Waals surface area (Å²) in [6.45, 7) is 1.23. The number of amides is 2. The van der Waals surface area contributed by atoms with Crippen molar-refractivity contribution in [3.8, 4) is 5.75 Å². The summed E-state index contributed by atoms with van der Waals surface area (Å²) in [5.41, 5.74) is 1.23. The molecule has 2 saturated heterocycles. The van der Waals surface area contributed by atoms with Gasteiger partial charge in [-0.05, 0) is 24.1 Å². The molecule has 2 amide bonds. The second-order valence-electron chi connectivity index (χ2n) is 4.58. The molecule has 2 heterocycles. The van der Waals surface area contributed by atoms with Gasteiger partial charge in [0.2, 0.25) is 0 Å². The topological polar surface area (TPSA) is 50.8 Å². The molecule has 2 aliphatic rings. The predicted molar refractivity (Wildman–Crippen MR) is 65.3 cm³/mol. The number of rotatable bonds is 2. The Morgan fingerprint density at radius 1 is 1.39 bits per heavy atom. The second-order valence-corrected chi connectivity index (χ2v) is 4.58. The van der Waals surface area contributed by atoms with Crippen molar-refractivity contribution in [1.82, 2.24) is 10.4 Å². The van der Waals surface area contributed by atoms with E-state index in [1.165, 1.54) is 10.6 Å². The first kappa shape index (κ1) is 11.3.